The highest BCUT2D eigenvalue weighted by molar-refractivity contribution is 5.89. The topological polar surface area (TPSA) is 53.9 Å². The van der Waals surface area contributed by atoms with Crippen LogP contribution < -0.4 is 0 Å². The van der Waals surface area contributed by atoms with Crippen LogP contribution in [0.4, 0.5) is 4.39 Å². The van der Waals surface area contributed by atoms with Crippen molar-refractivity contribution in [2.24, 2.45) is 0 Å². The maximum Gasteiger partial charge on any atom is 0.227 e. The Labute approximate surface area is 139 Å². The molecule has 4 rings (SSSR count). The molecule has 1 unspecified atom stereocenters. The Hall–Kier alpha value is -2.63. The van der Waals surface area contributed by atoms with Crippen LogP contribution >= 0.6 is 0 Å². The van der Waals surface area contributed by atoms with Gasteiger partial charge in [-0.15, -0.1) is 0 Å². The Bertz CT molecular complexity index is 855. The van der Waals surface area contributed by atoms with Gasteiger partial charge >= 0.3 is 0 Å². The molecular weight excluding hydrogens is 307 g/mol. The summed E-state index contributed by atoms with van der Waals surface area (Å²) in [5.41, 5.74) is 1.65. The van der Waals surface area contributed by atoms with E-state index in [-0.39, 0.29) is 11.7 Å². The molecule has 0 aliphatic carbocycles. The van der Waals surface area contributed by atoms with Crippen molar-refractivity contribution in [3.8, 4) is 0 Å². The number of rotatable bonds is 3. The lowest BCUT2D eigenvalue weighted by molar-refractivity contribution is -0.132. The van der Waals surface area contributed by atoms with Crippen molar-refractivity contribution in [2.45, 2.75) is 25.3 Å². The van der Waals surface area contributed by atoms with E-state index in [0.29, 0.717) is 19.0 Å². The molecule has 3 heterocycles. The number of carbonyl (C=O) groups is 1. The summed E-state index contributed by atoms with van der Waals surface area (Å²) in [4.78, 5) is 21.8. The average Bonchev–Trinajstić information content (AvgIpc) is 3.25. The van der Waals surface area contributed by atoms with Gasteiger partial charge in [0.15, 0.2) is 0 Å². The standard InChI is InChI=1S/C18H19FN4O/c19-14-3-4-16-13(10-21-17(16)9-14)8-18(24)22-6-1-2-15(11-22)23-7-5-20-12-23/h3-5,7,9-10,12,15,21H,1-2,6,8,11H2. The minimum absolute atomic E-state index is 0.116. The van der Waals surface area contributed by atoms with Crippen LogP contribution in [0.15, 0.2) is 43.1 Å². The maximum atomic E-state index is 13.3. The minimum Gasteiger partial charge on any atom is -0.361 e. The van der Waals surface area contributed by atoms with E-state index < -0.39 is 0 Å². The minimum atomic E-state index is -0.276. The van der Waals surface area contributed by atoms with Gasteiger partial charge in [-0.05, 0) is 36.6 Å². The largest absolute Gasteiger partial charge is 0.361 e. The van der Waals surface area contributed by atoms with Gasteiger partial charge in [-0.1, -0.05) is 0 Å². The van der Waals surface area contributed by atoms with Crippen molar-refractivity contribution in [1.82, 2.24) is 19.4 Å². The monoisotopic (exact) mass is 326 g/mol. The summed E-state index contributed by atoms with van der Waals surface area (Å²) in [6.07, 6.45) is 9.73. The summed E-state index contributed by atoms with van der Waals surface area (Å²) < 4.78 is 15.4. The van der Waals surface area contributed by atoms with Crippen LogP contribution in [-0.4, -0.2) is 38.4 Å². The summed E-state index contributed by atoms with van der Waals surface area (Å²) in [5, 5.41) is 0.910. The molecule has 0 saturated carbocycles. The number of nitrogens with zero attached hydrogens (tertiary/aromatic N) is 3. The fraction of sp³-hybridized carbons (Fsp3) is 0.333. The van der Waals surface area contributed by atoms with Gasteiger partial charge in [0, 0.05) is 42.6 Å². The number of piperidine rings is 1. The summed E-state index contributed by atoms with van der Waals surface area (Å²) in [7, 11) is 0. The van der Waals surface area contributed by atoms with Gasteiger partial charge in [0.1, 0.15) is 5.82 Å². The maximum absolute atomic E-state index is 13.3. The molecule has 0 spiro atoms. The molecule has 6 heteroatoms. The molecule has 1 fully saturated rings. The molecule has 5 nitrogen and oxygen atoms in total. The molecule has 0 bridgehead atoms. The van der Waals surface area contributed by atoms with Crippen LogP contribution in [0.25, 0.3) is 10.9 Å². The Kier molecular flexibility index (Phi) is 3.80. The van der Waals surface area contributed by atoms with E-state index in [1.807, 2.05) is 17.4 Å². The first kappa shape index (κ1) is 14.9. The van der Waals surface area contributed by atoms with Crippen LogP contribution in [0, 0.1) is 5.82 Å². The van der Waals surface area contributed by atoms with Gasteiger partial charge in [0.05, 0.1) is 18.8 Å². The van der Waals surface area contributed by atoms with Crippen molar-refractivity contribution >= 4 is 16.8 Å². The lowest BCUT2D eigenvalue weighted by atomic mass is 10.0. The first-order valence-corrected chi connectivity index (χ1v) is 8.21. The van der Waals surface area contributed by atoms with Gasteiger partial charge in [-0.3, -0.25) is 4.79 Å². The predicted octanol–water partition coefficient (Wildman–Crippen LogP) is 2.91. The third-order valence-corrected chi connectivity index (χ3v) is 4.77. The Morgan fingerprint density at radius 2 is 2.33 bits per heavy atom. The number of nitrogens with one attached hydrogen (secondary N) is 1. The zero-order chi connectivity index (χ0) is 16.5. The van der Waals surface area contributed by atoms with E-state index in [9.17, 15) is 9.18 Å². The normalized spacial score (nSPS) is 18.2. The quantitative estimate of drug-likeness (QED) is 0.804. The summed E-state index contributed by atoms with van der Waals surface area (Å²) in [6.45, 7) is 1.51. The highest BCUT2D eigenvalue weighted by Crippen LogP contribution is 2.24. The van der Waals surface area contributed by atoms with E-state index in [2.05, 4.69) is 14.5 Å². The van der Waals surface area contributed by atoms with Crippen molar-refractivity contribution in [2.75, 3.05) is 13.1 Å². The third-order valence-electron chi connectivity index (χ3n) is 4.77. The summed E-state index contributed by atoms with van der Waals surface area (Å²) in [5.74, 6) is -0.161. The van der Waals surface area contributed by atoms with E-state index in [1.54, 1.807) is 18.5 Å². The van der Waals surface area contributed by atoms with Gasteiger partial charge in [-0.25, -0.2) is 9.37 Å². The molecule has 24 heavy (non-hydrogen) atoms. The highest BCUT2D eigenvalue weighted by atomic mass is 19.1. The van der Waals surface area contributed by atoms with Gasteiger partial charge in [0.2, 0.25) is 5.91 Å². The van der Waals surface area contributed by atoms with E-state index >= 15 is 0 Å². The Morgan fingerprint density at radius 3 is 3.17 bits per heavy atom. The first-order chi connectivity index (χ1) is 11.7. The number of hydrogen-bond donors (Lipinski definition) is 1. The number of aromatic nitrogens is 3. The predicted molar refractivity (Wildman–Crippen MR) is 89.0 cm³/mol. The summed E-state index contributed by atoms with van der Waals surface area (Å²) >= 11 is 0. The fourth-order valence-electron chi connectivity index (χ4n) is 3.49. The molecule has 1 aliphatic rings. The zero-order valence-corrected chi connectivity index (χ0v) is 13.3. The molecule has 1 amide bonds. The number of likely N-dealkylation sites (tertiary alicyclic amines) is 1. The van der Waals surface area contributed by atoms with E-state index in [4.69, 9.17) is 0 Å². The number of carbonyl (C=O) groups excluding carboxylic acids is 1. The van der Waals surface area contributed by atoms with Crippen molar-refractivity contribution in [3.63, 3.8) is 0 Å². The van der Waals surface area contributed by atoms with Crippen molar-refractivity contribution < 1.29 is 9.18 Å². The van der Waals surface area contributed by atoms with Crippen LogP contribution in [0.1, 0.15) is 24.4 Å². The van der Waals surface area contributed by atoms with Crippen molar-refractivity contribution in [1.29, 1.82) is 0 Å². The number of imidazole rings is 1. The number of hydrogen-bond acceptors (Lipinski definition) is 2. The second kappa shape index (κ2) is 6.11. The van der Waals surface area contributed by atoms with Gasteiger partial charge in [-0.2, -0.15) is 0 Å². The zero-order valence-electron chi connectivity index (χ0n) is 13.3. The molecule has 1 aromatic carbocycles. The summed E-state index contributed by atoms with van der Waals surface area (Å²) in [6, 6.07) is 4.91. The first-order valence-electron chi connectivity index (χ1n) is 8.21. The van der Waals surface area contributed by atoms with E-state index in [0.717, 1.165) is 35.9 Å². The lowest BCUT2D eigenvalue weighted by Crippen LogP contribution is -2.41. The molecule has 1 aliphatic heterocycles. The van der Waals surface area contributed by atoms with Crippen LogP contribution in [0.5, 0.6) is 0 Å². The number of halogens is 1. The molecule has 2 aromatic heterocycles. The fourth-order valence-corrected chi connectivity index (χ4v) is 3.49. The van der Waals surface area contributed by atoms with Crippen LogP contribution in [0.3, 0.4) is 0 Å². The second-order valence-electron chi connectivity index (χ2n) is 6.33. The lowest BCUT2D eigenvalue weighted by Gasteiger charge is -2.33. The number of fused-ring (bicyclic) bond motifs is 1. The van der Waals surface area contributed by atoms with Crippen LogP contribution in [-0.2, 0) is 11.2 Å². The SMILES string of the molecule is O=C(Cc1c[nH]c2cc(F)ccc12)N1CCCC(n2ccnc2)C1. The average molecular weight is 326 g/mol. The molecule has 1 saturated heterocycles. The molecule has 1 N–H and O–H groups in total. The number of aromatic amines is 1. The molecule has 0 radical (unpaired) electrons. The number of amides is 1. The van der Waals surface area contributed by atoms with Crippen LogP contribution in [0.2, 0.25) is 0 Å². The molecule has 1 atom stereocenters. The molecular formula is C18H19FN4O. The van der Waals surface area contributed by atoms with Crippen molar-refractivity contribution in [3.05, 3.63) is 54.5 Å². The highest BCUT2D eigenvalue weighted by Gasteiger charge is 2.25. The number of H-pyrrole nitrogens is 1. The second-order valence-corrected chi connectivity index (χ2v) is 6.33. The number of benzene rings is 1. The van der Waals surface area contributed by atoms with Gasteiger partial charge < -0.3 is 14.5 Å². The molecule has 124 valence electrons. The smallest absolute Gasteiger partial charge is 0.227 e. The Balaban J connectivity index is 1.49. The van der Waals surface area contributed by atoms with E-state index in [1.165, 1.54) is 12.1 Å². The third kappa shape index (κ3) is 2.79. The molecule has 3 aromatic rings. The van der Waals surface area contributed by atoms with Gasteiger partial charge in [0.25, 0.3) is 0 Å². The Morgan fingerprint density at radius 1 is 1.42 bits per heavy atom.